The molecule has 2 heterocycles. The van der Waals surface area contributed by atoms with Crippen molar-refractivity contribution in [3.8, 4) is 28.7 Å². The number of alkyl halides is 3. The SMILES string of the molecule is COc1ccn2c(=O)c(-c3ccc(OCC#N)cc3)c(CC(F)(F)F)nc2c1. The number of aromatic nitrogens is 2. The molecule has 0 aliphatic rings. The summed E-state index contributed by atoms with van der Waals surface area (Å²) in [6.07, 6.45) is -4.49. The molecule has 0 N–H and O–H groups in total. The second-order valence-electron chi connectivity index (χ2n) is 5.80. The minimum Gasteiger partial charge on any atom is -0.497 e. The second-order valence-corrected chi connectivity index (χ2v) is 5.80. The molecule has 0 amide bonds. The molecule has 144 valence electrons. The van der Waals surface area contributed by atoms with Gasteiger partial charge in [-0.25, -0.2) is 4.98 Å². The second kappa shape index (κ2) is 7.60. The van der Waals surface area contributed by atoms with Gasteiger partial charge in [0.25, 0.3) is 5.56 Å². The molecule has 0 bridgehead atoms. The lowest BCUT2D eigenvalue weighted by molar-refractivity contribution is -0.127. The third kappa shape index (κ3) is 4.06. The number of nitrogens with zero attached hydrogens (tertiary/aromatic N) is 3. The lowest BCUT2D eigenvalue weighted by Gasteiger charge is -2.14. The van der Waals surface area contributed by atoms with Crippen molar-refractivity contribution in [3.63, 3.8) is 0 Å². The maximum Gasteiger partial charge on any atom is 0.394 e. The fourth-order valence-electron chi connectivity index (χ4n) is 2.73. The molecule has 1 aromatic carbocycles. The van der Waals surface area contributed by atoms with E-state index in [2.05, 4.69) is 4.98 Å². The standard InChI is InChI=1S/C19H14F3N3O3/c1-27-14-6-8-25-16(10-14)24-15(11-19(20,21)22)17(18(25)26)12-2-4-13(5-3-12)28-9-7-23/h2-6,8,10H,9,11H2,1H3. The van der Waals surface area contributed by atoms with Crippen LogP contribution in [0.4, 0.5) is 13.2 Å². The smallest absolute Gasteiger partial charge is 0.394 e. The Morgan fingerprint density at radius 1 is 1.18 bits per heavy atom. The van der Waals surface area contributed by atoms with E-state index >= 15 is 0 Å². The number of methoxy groups -OCH3 is 1. The third-order valence-electron chi connectivity index (χ3n) is 3.93. The topological polar surface area (TPSA) is 76.6 Å². The number of fused-ring (bicyclic) bond motifs is 1. The van der Waals surface area contributed by atoms with Gasteiger partial charge in [0.15, 0.2) is 6.61 Å². The van der Waals surface area contributed by atoms with E-state index in [4.69, 9.17) is 14.7 Å². The molecular weight excluding hydrogens is 375 g/mol. The van der Waals surface area contributed by atoms with Crippen LogP contribution < -0.4 is 15.0 Å². The number of ether oxygens (including phenoxy) is 2. The number of hydrogen-bond donors (Lipinski definition) is 0. The van der Waals surface area contributed by atoms with Crippen LogP contribution in [0.2, 0.25) is 0 Å². The maximum atomic E-state index is 13.1. The van der Waals surface area contributed by atoms with Crippen LogP contribution in [-0.2, 0) is 6.42 Å². The van der Waals surface area contributed by atoms with Crippen molar-refractivity contribution in [2.75, 3.05) is 13.7 Å². The Balaban J connectivity index is 2.18. The Hall–Kier alpha value is -3.54. The quantitative estimate of drug-likeness (QED) is 0.669. The minimum absolute atomic E-state index is 0.0568. The summed E-state index contributed by atoms with van der Waals surface area (Å²) in [5, 5.41) is 8.54. The molecule has 0 saturated carbocycles. The average Bonchev–Trinajstić information content (AvgIpc) is 2.65. The van der Waals surface area contributed by atoms with Crippen molar-refractivity contribution in [2.45, 2.75) is 12.6 Å². The van der Waals surface area contributed by atoms with E-state index in [1.165, 1.54) is 49.7 Å². The number of benzene rings is 1. The molecule has 0 radical (unpaired) electrons. The summed E-state index contributed by atoms with van der Waals surface area (Å²) in [7, 11) is 1.41. The number of halogens is 3. The van der Waals surface area contributed by atoms with Gasteiger partial charge in [0.1, 0.15) is 23.2 Å². The van der Waals surface area contributed by atoms with Crippen molar-refractivity contribution >= 4 is 5.65 Å². The van der Waals surface area contributed by atoms with Crippen LogP contribution in [0.15, 0.2) is 47.4 Å². The van der Waals surface area contributed by atoms with Gasteiger partial charge in [0, 0.05) is 12.3 Å². The molecule has 9 heteroatoms. The van der Waals surface area contributed by atoms with Crippen LogP contribution in [0.1, 0.15) is 5.69 Å². The first-order valence-corrected chi connectivity index (χ1v) is 8.08. The molecule has 6 nitrogen and oxygen atoms in total. The average molecular weight is 389 g/mol. The molecule has 0 aliphatic carbocycles. The fourth-order valence-corrected chi connectivity index (χ4v) is 2.73. The van der Waals surface area contributed by atoms with Gasteiger partial charge >= 0.3 is 6.18 Å². The summed E-state index contributed by atoms with van der Waals surface area (Å²) in [6.45, 7) is -0.166. The predicted molar refractivity (Wildman–Crippen MR) is 94.3 cm³/mol. The first-order chi connectivity index (χ1) is 13.3. The molecule has 0 fully saturated rings. The molecule has 0 saturated heterocycles. The predicted octanol–water partition coefficient (Wildman–Crippen LogP) is 3.38. The van der Waals surface area contributed by atoms with Crippen LogP contribution in [0.5, 0.6) is 11.5 Å². The maximum absolute atomic E-state index is 13.1. The van der Waals surface area contributed by atoms with E-state index in [-0.39, 0.29) is 29.1 Å². The van der Waals surface area contributed by atoms with Gasteiger partial charge in [-0.15, -0.1) is 0 Å². The Morgan fingerprint density at radius 3 is 2.50 bits per heavy atom. The van der Waals surface area contributed by atoms with E-state index in [1.807, 2.05) is 6.07 Å². The van der Waals surface area contributed by atoms with Crippen molar-refractivity contribution in [3.05, 3.63) is 58.6 Å². The third-order valence-corrected chi connectivity index (χ3v) is 3.93. The van der Waals surface area contributed by atoms with Gasteiger partial charge in [0.05, 0.1) is 24.8 Å². The van der Waals surface area contributed by atoms with Gasteiger partial charge in [-0.3, -0.25) is 9.20 Å². The molecular formula is C19H14F3N3O3. The number of rotatable bonds is 5. The van der Waals surface area contributed by atoms with Gasteiger partial charge in [-0.1, -0.05) is 12.1 Å². The number of nitriles is 1. The zero-order valence-electron chi connectivity index (χ0n) is 14.7. The summed E-state index contributed by atoms with van der Waals surface area (Å²) < 4.78 is 50.6. The summed E-state index contributed by atoms with van der Waals surface area (Å²) in [5.41, 5.74) is -0.825. The van der Waals surface area contributed by atoms with Crippen LogP contribution in [0.25, 0.3) is 16.8 Å². The van der Waals surface area contributed by atoms with Crippen molar-refractivity contribution in [1.29, 1.82) is 5.26 Å². The highest BCUT2D eigenvalue weighted by Gasteiger charge is 2.31. The van der Waals surface area contributed by atoms with Crippen molar-refractivity contribution < 1.29 is 22.6 Å². The number of hydrogen-bond acceptors (Lipinski definition) is 5. The largest absolute Gasteiger partial charge is 0.497 e. The Labute approximate surface area is 157 Å². The molecule has 0 aliphatic heterocycles. The molecule has 2 aromatic heterocycles. The van der Waals surface area contributed by atoms with Crippen LogP contribution in [-0.4, -0.2) is 29.3 Å². The van der Waals surface area contributed by atoms with E-state index in [9.17, 15) is 18.0 Å². The van der Waals surface area contributed by atoms with Gasteiger partial charge in [-0.2, -0.15) is 18.4 Å². The highest BCUT2D eigenvalue weighted by molar-refractivity contribution is 5.67. The lowest BCUT2D eigenvalue weighted by atomic mass is 10.0. The first-order valence-electron chi connectivity index (χ1n) is 8.08. The number of pyridine rings is 1. The summed E-state index contributed by atoms with van der Waals surface area (Å²) >= 11 is 0. The van der Waals surface area contributed by atoms with E-state index < -0.39 is 18.2 Å². The fraction of sp³-hybridized carbons (Fsp3) is 0.211. The zero-order valence-corrected chi connectivity index (χ0v) is 14.7. The highest BCUT2D eigenvalue weighted by atomic mass is 19.4. The van der Waals surface area contributed by atoms with Crippen LogP contribution >= 0.6 is 0 Å². The monoisotopic (exact) mass is 389 g/mol. The van der Waals surface area contributed by atoms with Crippen molar-refractivity contribution in [2.24, 2.45) is 0 Å². The molecule has 28 heavy (non-hydrogen) atoms. The molecule has 3 aromatic rings. The zero-order chi connectivity index (χ0) is 20.3. The first kappa shape index (κ1) is 19.2. The summed E-state index contributed by atoms with van der Waals surface area (Å²) in [4.78, 5) is 17.0. The van der Waals surface area contributed by atoms with E-state index in [0.717, 1.165) is 4.40 Å². The van der Waals surface area contributed by atoms with Gasteiger partial charge < -0.3 is 9.47 Å². The van der Waals surface area contributed by atoms with Gasteiger partial charge in [0.2, 0.25) is 0 Å². The normalized spacial score (nSPS) is 11.2. The lowest BCUT2D eigenvalue weighted by Crippen LogP contribution is -2.23. The highest BCUT2D eigenvalue weighted by Crippen LogP contribution is 2.28. The van der Waals surface area contributed by atoms with Gasteiger partial charge in [-0.05, 0) is 23.8 Å². The minimum atomic E-state index is -4.54. The Kier molecular flexibility index (Phi) is 5.22. The van der Waals surface area contributed by atoms with Crippen molar-refractivity contribution in [1.82, 2.24) is 9.38 Å². The molecule has 0 atom stereocenters. The molecule has 0 spiro atoms. The van der Waals surface area contributed by atoms with E-state index in [0.29, 0.717) is 11.5 Å². The molecule has 0 unspecified atom stereocenters. The Bertz CT molecular complexity index is 1100. The molecule has 3 rings (SSSR count). The summed E-state index contributed by atoms with van der Waals surface area (Å²) in [5.74, 6) is 0.734. The Morgan fingerprint density at radius 2 is 1.89 bits per heavy atom. The van der Waals surface area contributed by atoms with Crippen LogP contribution in [0, 0.1) is 11.3 Å². The van der Waals surface area contributed by atoms with Crippen LogP contribution in [0.3, 0.4) is 0 Å². The van der Waals surface area contributed by atoms with E-state index in [1.54, 1.807) is 0 Å². The summed E-state index contributed by atoms with van der Waals surface area (Å²) in [6, 6.07) is 10.6.